The number of aromatic carboxylic acids is 1. The minimum absolute atomic E-state index is 0.121. The number of halogens is 3. The van der Waals surface area contributed by atoms with Crippen LogP contribution in [0.15, 0.2) is 73.1 Å². The number of aromatic nitrogens is 1. The summed E-state index contributed by atoms with van der Waals surface area (Å²) in [6.45, 7) is 0.292. The van der Waals surface area contributed by atoms with Gasteiger partial charge >= 0.3 is 5.97 Å². The van der Waals surface area contributed by atoms with Gasteiger partial charge in [-0.2, -0.15) is 4.73 Å². The van der Waals surface area contributed by atoms with E-state index in [1.54, 1.807) is 30.3 Å². The zero-order valence-corrected chi connectivity index (χ0v) is 23.3. The average molecular weight is 588 g/mol. The molecule has 39 heavy (non-hydrogen) atoms. The lowest BCUT2D eigenvalue weighted by molar-refractivity contribution is -0.605. The first kappa shape index (κ1) is 28.4. The van der Waals surface area contributed by atoms with Crippen LogP contribution >= 0.6 is 34.8 Å². The highest BCUT2D eigenvalue weighted by Crippen LogP contribution is 2.40. The molecule has 0 unspecified atom stereocenters. The summed E-state index contributed by atoms with van der Waals surface area (Å²) in [6.07, 6.45) is 2.65. The van der Waals surface area contributed by atoms with E-state index in [0.29, 0.717) is 44.6 Å². The fourth-order valence-corrected chi connectivity index (χ4v) is 5.35. The van der Waals surface area contributed by atoms with Crippen molar-refractivity contribution in [3.05, 3.63) is 121 Å². The molecule has 1 aromatic heterocycles. The Balaban J connectivity index is 1.91. The number of pyridine rings is 1. The monoisotopic (exact) mass is 586 g/mol. The van der Waals surface area contributed by atoms with Crippen molar-refractivity contribution in [3.63, 3.8) is 0 Å². The first-order chi connectivity index (χ1) is 18.7. The Bertz CT molecular complexity index is 1490. The molecule has 2 N–H and O–H groups in total. The summed E-state index contributed by atoms with van der Waals surface area (Å²) in [5, 5.41) is 26.3. The van der Waals surface area contributed by atoms with E-state index in [1.165, 1.54) is 26.6 Å². The molecule has 4 rings (SSSR count). The van der Waals surface area contributed by atoms with Crippen LogP contribution < -0.4 is 19.5 Å². The van der Waals surface area contributed by atoms with Gasteiger partial charge in [-0.3, -0.25) is 0 Å². The van der Waals surface area contributed by atoms with Crippen LogP contribution in [0.5, 0.6) is 11.5 Å². The molecular weight excluding hydrogens is 563 g/mol. The highest BCUT2D eigenvalue weighted by Gasteiger charge is 2.28. The summed E-state index contributed by atoms with van der Waals surface area (Å²) < 4.78 is 11.5. The van der Waals surface area contributed by atoms with Crippen LogP contribution in [0.4, 0.5) is 5.69 Å². The molecular formula is C29H25Cl3N2O5. The predicted molar refractivity (Wildman–Crippen MR) is 153 cm³/mol. The van der Waals surface area contributed by atoms with Crippen molar-refractivity contribution in [2.24, 2.45) is 0 Å². The van der Waals surface area contributed by atoms with Crippen molar-refractivity contribution in [1.29, 1.82) is 0 Å². The maximum absolute atomic E-state index is 12.5. The number of methoxy groups -OCH3 is 2. The summed E-state index contributed by atoms with van der Waals surface area (Å²) >= 11 is 19.3. The van der Waals surface area contributed by atoms with E-state index in [0.717, 1.165) is 11.1 Å². The van der Waals surface area contributed by atoms with Gasteiger partial charge in [-0.25, -0.2) is 4.79 Å². The molecule has 0 aliphatic heterocycles. The minimum atomic E-state index is -1.09. The molecule has 4 aromatic rings. The number of rotatable bonds is 10. The third-order valence-corrected chi connectivity index (χ3v) is 7.38. The Labute approximate surface area is 241 Å². The fraction of sp³-hybridized carbons (Fsp3) is 0.172. The van der Waals surface area contributed by atoms with E-state index in [2.05, 4.69) is 5.32 Å². The molecule has 10 heteroatoms. The molecule has 0 saturated carbocycles. The molecule has 1 heterocycles. The zero-order valence-electron chi connectivity index (χ0n) is 21.1. The molecule has 0 fully saturated rings. The largest absolute Gasteiger partial charge is 0.619 e. The van der Waals surface area contributed by atoms with Crippen LogP contribution in [0.3, 0.4) is 0 Å². The molecule has 0 amide bonds. The van der Waals surface area contributed by atoms with E-state index in [4.69, 9.17) is 44.3 Å². The first-order valence-corrected chi connectivity index (χ1v) is 13.0. The van der Waals surface area contributed by atoms with E-state index in [1.807, 2.05) is 30.3 Å². The Hall–Kier alpha value is -3.65. The molecule has 202 valence electrons. The normalized spacial score (nSPS) is 11.6. The zero-order chi connectivity index (χ0) is 28.1. The quantitative estimate of drug-likeness (QED) is 0.154. The van der Waals surface area contributed by atoms with Crippen molar-refractivity contribution in [1.82, 2.24) is 0 Å². The lowest BCUT2D eigenvalue weighted by Crippen LogP contribution is -2.25. The van der Waals surface area contributed by atoms with E-state index < -0.39 is 11.9 Å². The van der Waals surface area contributed by atoms with Gasteiger partial charge in [0.05, 0.1) is 30.5 Å². The molecule has 7 nitrogen and oxygen atoms in total. The number of anilines is 1. The van der Waals surface area contributed by atoms with E-state index >= 15 is 0 Å². The number of nitrogens with zero attached hydrogens (tertiary/aromatic N) is 1. The standard InChI is InChI=1S/C29H25Cl3N2O5/c1-38-26-11-10-17(12-27(26)39-2)20(13-21-23(31)15-34(37)16-24(21)32)28-18(6-5-7-19(28)29(35)36)14-33-25-9-4-3-8-22(25)30/h3-12,15-16,20,33H,13-14H2,1-2H3,(H,35,36)/t20-/m0/s1. The smallest absolute Gasteiger partial charge is 0.335 e. The van der Waals surface area contributed by atoms with Crippen molar-refractivity contribution < 1.29 is 24.1 Å². The molecule has 3 aromatic carbocycles. The van der Waals surface area contributed by atoms with Crippen molar-refractivity contribution in [2.75, 3.05) is 19.5 Å². The number of carbonyl (C=O) groups is 1. The maximum Gasteiger partial charge on any atom is 0.335 e. The molecule has 0 bridgehead atoms. The van der Waals surface area contributed by atoms with Gasteiger partial charge < -0.3 is 25.1 Å². The van der Waals surface area contributed by atoms with Gasteiger partial charge in [0.25, 0.3) is 0 Å². The maximum atomic E-state index is 12.5. The summed E-state index contributed by atoms with van der Waals surface area (Å²) in [5.74, 6) is -0.628. The van der Waals surface area contributed by atoms with Crippen molar-refractivity contribution in [2.45, 2.75) is 18.9 Å². The van der Waals surface area contributed by atoms with Crippen LogP contribution in [0.1, 0.15) is 38.5 Å². The molecule has 0 saturated heterocycles. The number of ether oxygens (including phenoxy) is 2. The van der Waals surface area contributed by atoms with Gasteiger partial charge in [-0.1, -0.05) is 65.1 Å². The van der Waals surface area contributed by atoms with Gasteiger partial charge in [-0.05, 0) is 53.4 Å². The van der Waals surface area contributed by atoms with Crippen LogP contribution in [0.25, 0.3) is 0 Å². The van der Waals surface area contributed by atoms with Gasteiger partial charge in [0.2, 0.25) is 0 Å². The second-order valence-electron chi connectivity index (χ2n) is 8.68. The number of carboxylic acids is 1. The first-order valence-electron chi connectivity index (χ1n) is 11.9. The number of hydrogen-bond donors (Lipinski definition) is 2. The Morgan fingerprint density at radius 1 is 0.949 bits per heavy atom. The van der Waals surface area contributed by atoms with Crippen molar-refractivity contribution in [3.8, 4) is 11.5 Å². The summed E-state index contributed by atoms with van der Waals surface area (Å²) in [5.41, 5.74) is 3.37. The molecule has 0 spiro atoms. The highest BCUT2D eigenvalue weighted by atomic mass is 35.5. The molecule has 0 aliphatic carbocycles. The number of nitrogens with one attached hydrogen (secondary N) is 1. The number of para-hydroxylation sites is 1. The van der Waals surface area contributed by atoms with E-state index in [9.17, 15) is 15.1 Å². The topological polar surface area (TPSA) is 94.7 Å². The summed E-state index contributed by atoms with van der Waals surface area (Å²) in [6, 6.07) is 17.8. The van der Waals surface area contributed by atoms with Crippen molar-refractivity contribution >= 4 is 46.5 Å². The predicted octanol–water partition coefficient (Wildman–Crippen LogP) is 6.98. The second-order valence-corrected chi connectivity index (χ2v) is 9.90. The Morgan fingerprint density at radius 3 is 2.28 bits per heavy atom. The minimum Gasteiger partial charge on any atom is -0.619 e. The molecule has 0 aliphatic rings. The Morgan fingerprint density at radius 2 is 1.64 bits per heavy atom. The van der Waals surface area contributed by atoms with Gasteiger partial charge in [-0.15, -0.1) is 0 Å². The van der Waals surface area contributed by atoms with E-state index in [-0.39, 0.29) is 22.0 Å². The molecule has 1 atom stereocenters. The van der Waals surface area contributed by atoms with Gasteiger partial charge in [0.1, 0.15) is 10.0 Å². The Kier molecular flexibility index (Phi) is 9.07. The van der Waals surface area contributed by atoms with Crippen LogP contribution in [-0.4, -0.2) is 25.3 Å². The summed E-state index contributed by atoms with van der Waals surface area (Å²) in [7, 11) is 3.06. The third kappa shape index (κ3) is 6.33. The average Bonchev–Trinajstić information content (AvgIpc) is 2.91. The highest BCUT2D eigenvalue weighted by molar-refractivity contribution is 6.35. The molecule has 0 radical (unpaired) electrons. The summed E-state index contributed by atoms with van der Waals surface area (Å²) in [4.78, 5) is 12.5. The van der Waals surface area contributed by atoms with Gasteiger partial charge in [0, 0.05) is 18.0 Å². The number of benzene rings is 3. The number of carboxylic acid groups (broad SMARTS) is 1. The van der Waals surface area contributed by atoms with Crippen LogP contribution in [0, 0.1) is 5.21 Å². The SMILES string of the molecule is COc1ccc([C@H](Cc2c(Cl)c[n+]([O-])cc2Cl)c2c(CNc3ccccc3Cl)cccc2C(=O)O)cc1OC. The lowest BCUT2D eigenvalue weighted by Gasteiger charge is -2.25. The van der Waals surface area contributed by atoms with Gasteiger partial charge in [0.15, 0.2) is 23.9 Å². The van der Waals surface area contributed by atoms with Crippen LogP contribution in [-0.2, 0) is 13.0 Å². The third-order valence-electron chi connectivity index (χ3n) is 6.39. The van der Waals surface area contributed by atoms with Crippen LogP contribution in [0.2, 0.25) is 15.1 Å². The lowest BCUT2D eigenvalue weighted by atomic mass is 9.81. The number of hydrogen-bond acceptors (Lipinski definition) is 5. The fourth-order valence-electron chi connectivity index (χ4n) is 4.55. The second kappa shape index (κ2) is 12.5.